The Labute approximate surface area is 165 Å². The van der Waals surface area contributed by atoms with Gasteiger partial charge in [0.15, 0.2) is 0 Å². The highest BCUT2D eigenvalue weighted by molar-refractivity contribution is 5.94. The minimum Gasteiger partial charge on any atom is -0.341 e. The van der Waals surface area contributed by atoms with Gasteiger partial charge in [-0.05, 0) is 36.6 Å². The van der Waals surface area contributed by atoms with Gasteiger partial charge in [0, 0.05) is 50.8 Å². The average molecular weight is 375 g/mol. The number of nitrogens with zero attached hydrogens (tertiary/aromatic N) is 5. The van der Waals surface area contributed by atoms with Crippen molar-refractivity contribution in [1.82, 2.24) is 24.3 Å². The lowest BCUT2D eigenvalue weighted by molar-refractivity contribution is 0.0773. The quantitative estimate of drug-likeness (QED) is 0.665. The molecule has 1 aromatic carbocycles. The van der Waals surface area contributed by atoms with E-state index in [1.807, 2.05) is 30.3 Å². The van der Waals surface area contributed by atoms with Gasteiger partial charge in [-0.3, -0.25) is 14.3 Å². The van der Waals surface area contributed by atoms with Crippen molar-refractivity contribution >= 4 is 5.91 Å². The van der Waals surface area contributed by atoms with Crippen molar-refractivity contribution in [1.29, 1.82) is 0 Å². The van der Waals surface area contributed by atoms with E-state index in [1.165, 1.54) is 5.56 Å². The van der Waals surface area contributed by atoms with E-state index in [9.17, 15) is 4.79 Å². The van der Waals surface area contributed by atoms with Crippen LogP contribution in [0.15, 0.2) is 67.4 Å². The first kappa shape index (κ1) is 18.4. The monoisotopic (exact) mass is 375 g/mol. The zero-order chi connectivity index (χ0) is 19.3. The van der Waals surface area contributed by atoms with Crippen LogP contribution >= 0.6 is 0 Å². The number of hydrogen-bond donors (Lipinski definition) is 0. The molecule has 144 valence electrons. The zero-order valence-electron chi connectivity index (χ0n) is 16.1. The molecule has 3 heterocycles. The van der Waals surface area contributed by atoms with E-state index in [4.69, 9.17) is 0 Å². The van der Waals surface area contributed by atoms with E-state index >= 15 is 0 Å². The summed E-state index contributed by atoms with van der Waals surface area (Å²) in [5.41, 5.74) is 2.00. The highest BCUT2D eigenvalue weighted by atomic mass is 16.2. The fourth-order valence-corrected chi connectivity index (χ4v) is 3.82. The van der Waals surface area contributed by atoms with Gasteiger partial charge in [-0.25, -0.2) is 9.97 Å². The van der Waals surface area contributed by atoms with Gasteiger partial charge in [0.2, 0.25) is 0 Å². The Morgan fingerprint density at radius 2 is 2.07 bits per heavy atom. The molecule has 0 spiro atoms. The zero-order valence-corrected chi connectivity index (χ0v) is 16.1. The fraction of sp³-hybridized carbons (Fsp3) is 0.318. The lowest BCUT2D eigenvalue weighted by Gasteiger charge is -2.22. The first-order chi connectivity index (χ1) is 13.7. The molecule has 1 saturated heterocycles. The molecule has 2 aromatic heterocycles. The molecule has 1 unspecified atom stereocenters. The van der Waals surface area contributed by atoms with Crippen molar-refractivity contribution < 1.29 is 4.79 Å². The fourth-order valence-electron chi connectivity index (χ4n) is 3.82. The summed E-state index contributed by atoms with van der Waals surface area (Å²) in [6, 6.07) is 14.2. The van der Waals surface area contributed by atoms with E-state index in [-0.39, 0.29) is 5.91 Å². The first-order valence-corrected chi connectivity index (χ1v) is 9.65. The van der Waals surface area contributed by atoms with Gasteiger partial charge in [0.05, 0.1) is 0 Å². The van der Waals surface area contributed by atoms with Crippen LogP contribution in [0.2, 0.25) is 0 Å². The van der Waals surface area contributed by atoms with Gasteiger partial charge in [-0.2, -0.15) is 0 Å². The topological polar surface area (TPSA) is 54.3 Å². The summed E-state index contributed by atoms with van der Waals surface area (Å²) < 4.78 is 1.80. The van der Waals surface area contributed by atoms with Crippen LogP contribution in [0, 0.1) is 5.92 Å². The number of rotatable bonds is 6. The van der Waals surface area contributed by atoms with Gasteiger partial charge in [-0.1, -0.05) is 30.3 Å². The largest absolute Gasteiger partial charge is 0.341 e. The van der Waals surface area contributed by atoms with Gasteiger partial charge in [-0.15, -0.1) is 0 Å². The summed E-state index contributed by atoms with van der Waals surface area (Å²) in [4.78, 5) is 25.6. The van der Waals surface area contributed by atoms with Crippen molar-refractivity contribution in [3.05, 3.63) is 78.5 Å². The van der Waals surface area contributed by atoms with E-state index in [2.05, 4.69) is 39.1 Å². The maximum atomic E-state index is 12.9. The Morgan fingerprint density at radius 3 is 2.86 bits per heavy atom. The van der Waals surface area contributed by atoms with Gasteiger partial charge in [0.25, 0.3) is 5.91 Å². The molecule has 3 aromatic rings. The molecule has 4 rings (SSSR count). The van der Waals surface area contributed by atoms with Crippen molar-refractivity contribution in [2.75, 3.05) is 26.7 Å². The number of hydrogen-bond acceptors (Lipinski definition) is 4. The molecule has 0 bridgehead atoms. The smallest absolute Gasteiger partial charge is 0.253 e. The summed E-state index contributed by atoms with van der Waals surface area (Å²) >= 11 is 0. The molecule has 6 nitrogen and oxygen atoms in total. The lowest BCUT2D eigenvalue weighted by atomic mass is 10.1. The lowest BCUT2D eigenvalue weighted by Crippen LogP contribution is -2.33. The Hall–Kier alpha value is -2.99. The standard InChI is InChI=1S/C22H25N5O/c1-25(14-19-8-11-26(16-19)15-18-5-3-2-4-6-18)22(28)20-7-9-24-21(13-20)27-12-10-23-17-27/h2-7,9-10,12-13,17,19H,8,11,14-16H2,1H3. The normalized spacial score (nSPS) is 17.0. The molecule has 1 aliphatic rings. The van der Waals surface area contributed by atoms with Crippen molar-refractivity contribution in [2.45, 2.75) is 13.0 Å². The highest BCUT2D eigenvalue weighted by Crippen LogP contribution is 2.20. The molecule has 0 aliphatic carbocycles. The van der Waals surface area contributed by atoms with Crippen LogP contribution in [0.1, 0.15) is 22.3 Å². The number of carbonyl (C=O) groups excluding carboxylic acids is 1. The summed E-state index contributed by atoms with van der Waals surface area (Å²) in [5.74, 6) is 1.24. The molecular weight excluding hydrogens is 350 g/mol. The third kappa shape index (κ3) is 4.28. The van der Waals surface area contributed by atoms with Crippen LogP contribution in [0.5, 0.6) is 0 Å². The van der Waals surface area contributed by atoms with Crippen molar-refractivity contribution in [2.24, 2.45) is 5.92 Å². The van der Waals surface area contributed by atoms with E-state index in [1.54, 1.807) is 29.4 Å². The van der Waals surface area contributed by atoms with E-state index in [0.717, 1.165) is 32.6 Å². The molecule has 6 heteroatoms. The summed E-state index contributed by atoms with van der Waals surface area (Å²) in [5, 5.41) is 0. The number of amides is 1. The molecule has 0 saturated carbocycles. The summed E-state index contributed by atoms with van der Waals surface area (Å²) in [7, 11) is 1.89. The van der Waals surface area contributed by atoms with Crippen molar-refractivity contribution in [3.63, 3.8) is 0 Å². The minimum atomic E-state index is 0.0327. The van der Waals surface area contributed by atoms with Crippen LogP contribution in [0.3, 0.4) is 0 Å². The van der Waals surface area contributed by atoms with Crippen molar-refractivity contribution in [3.8, 4) is 5.82 Å². The highest BCUT2D eigenvalue weighted by Gasteiger charge is 2.25. The molecule has 0 N–H and O–H groups in total. The summed E-state index contributed by atoms with van der Waals surface area (Å²) in [6.45, 7) is 3.87. The molecule has 1 amide bonds. The van der Waals surface area contributed by atoms with E-state index in [0.29, 0.717) is 17.3 Å². The number of likely N-dealkylation sites (tertiary alicyclic amines) is 1. The molecular formula is C22H25N5O. The van der Waals surface area contributed by atoms with Gasteiger partial charge >= 0.3 is 0 Å². The predicted octanol–water partition coefficient (Wildman–Crippen LogP) is 2.86. The van der Waals surface area contributed by atoms with Gasteiger partial charge < -0.3 is 4.90 Å². The second-order valence-electron chi connectivity index (χ2n) is 7.43. The maximum absolute atomic E-state index is 12.9. The Morgan fingerprint density at radius 1 is 1.21 bits per heavy atom. The average Bonchev–Trinajstić information content (AvgIpc) is 3.41. The Balaban J connectivity index is 1.34. The molecule has 1 atom stereocenters. The minimum absolute atomic E-state index is 0.0327. The maximum Gasteiger partial charge on any atom is 0.253 e. The number of aromatic nitrogens is 3. The SMILES string of the molecule is CN(CC1CCN(Cc2ccccc2)C1)C(=O)c1ccnc(-n2ccnc2)c1. The third-order valence-corrected chi connectivity index (χ3v) is 5.26. The van der Waals surface area contributed by atoms with Crippen LogP contribution in [0.25, 0.3) is 5.82 Å². The van der Waals surface area contributed by atoms with Crippen LogP contribution in [0.4, 0.5) is 0 Å². The summed E-state index contributed by atoms with van der Waals surface area (Å²) in [6.07, 6.45) is 8.00. The van der Waals surface area contributed by atoms with Gasteiger partial charge in [0.1, 0.15) is 12.1 Å². The molecule has 0 radical (unpaired) electrons. The Kier molecular flexibility index (Phi) is 5.48. The molecule has 1 aliphatic heterocycles. The number of benzene rings is 1. The first-order valence-electron chi connectivity index (χ1n) is 9.65. The molecule has 1 fully saturated rings. The molecule has 28 heavy (non-hydrogen) atoms. The number of imidazole rings is 1. The predicted molar refractivity (Wildman–Crippen MR) is 108 cm³/mol. The second-order valence-corrected chi connectivity index (χ2v) is 7.43. The van der Waals surface area contributed by atoms with Crippen LogP contribution in [-0.2, 0) is 6.54 Å². The number of pyridine rings is 1. The van der Waals surface area contributed by atoms with E-state index < -0.39 is 0 Å². The van der Waals surface area contributed by atoms with Crippen LogP contribution < -0.4 is 0 Å². The van der Waals surface area contributed by atoms with Crippen LogP contribution in [-0.4, -0.2) is 56.9 Å². The number of carbonyl (C=O) groups is 1. The second kappa shape index (κ2) is 8.35. The Bertz CT molecular complexity index is 910. The third-order valence-electron chi connectivity index (χ3n) is 5.26.